The molecule has 1 aliphatic rings. The van der Waals surface area contributed by atoms with Crippen LogP contribution in [-0.2, 0) is 13.0 Å². The second-order valence-corrected chi connectivity index (χ2v) is 5.43. The molecule has 2 heterocycles. The lowest BCUT2D eigenvalue weighted by Crippen LogP contribution is -2.36. The third-order valence-electron chi connectivity index (χ3n) is 3.98. The number of nitrogens with two attached hydrogens (primary N) is 1. The lowest BCUT2D eigenvalue weighted by atomic mass is 9.98. The minimum atomic E-state index is -0.102. The van der Waals surface area contributed by atoms with E-state index in [0.717, 1.165) is 30.6 Å². The lowest BCUT2D eigenvalue weighted by Gasteiger charge is -2.30. The predicted octanol–water partition coefficient (Wildman–Crippen LogP) is 2.39. The van der Waals surface area contributed by atoms with Crippen molar-refractivity contribution >= 4 is 17.3 Å². The van der Waals surface area contributed by atoms with Crippen LogP contribution < -0.4 is 10.6 Å². The number of rotatable bonds is 2. The van der Waals surface area contributed by atoms with Gasteiger partial charge in [-0.05, 0) is 37.8 Å². The van der Waals surface area contributed by atoms with Crippen molar-refractivity contribution in [3.05, 3.63) is 41.2 Å². The molecule has 0 radical (unpaired) electrons. The molecule has 5 heteroatoms. The molecule has 5 nitrogen and oxygen atoms in total. The first-order valence-corrected chi connectivity index (χ1v) is 7.35. The van der Waals surface area contributed by atoms with E-state index in [1.807, 2.05) is 30.9 Å². The van der Waals surface area contributed by atoms with Gasteiger partial charge in [-0.25, -0.2) is 0 Å². The van der Waals surface area contributed by atoms with Crippen molar-refractivity contribution in [2.24, 2.45) is 0 Å². The molecule has 1 amide bonds. The quantitative estimate of drug-likeness (QED) is 0.921. The van der Waals surface area contributed by atoms with Gasteiger partial charge in [0, 0.05) is 19.3 Å². The molecule has 110 valence electrons. The number of anilines is 2. The van der Waals surface area contributed by atoms with Gasteiger partial charge in [0.2, 0.25) is 0 Å². The maximum atomic E-state index is 12.8. The van der Waals surface area contributed by atoms with Gasteiger partial charge < -0.3 is 10.6 Å². The summed E-state index contributed by atoms with van der Waals surface area (Å²) in [6, 6.07) is 6.18. The molecule has 0 aliphatic carbocycles. The number of carbonyl (C=O) groups is 1. The minimum Gasteiger partial charge on any atom is -0.396 e. The summed E-state index contributed by atoms with van der Waals surface area (Å²) >= 11 is 0. The summed E-state index contributed by atoms with van der Waals surface area (Å²) in [5.41, 5.74) is 10.1. The van der Waals surface area contributed by atoms with E-state index in [9.17, 15) is 4.79 Å². The van der Waals surface area contributed by atoms with Gasteiger partial charge in [0.15, 0.2) is 5.69 Å². The topological polar surface area (TPSA) is 64.2 Å². The predicted molar refractivity (Wildman–Crippen MR) is 83.5 cm³/mol. The standard InChI is InChI=1S/C16H20N4O/c1-3-19-10-13(17)14(18-19)16(21)20-9-5-8-12-7-4-6-11(2)15(12)20/h4,6-7,10H,3,5,8-9,17H2,1-2H3. The van der Waals surface area contributed by atoms with Gasteiger partial charge >= 0.3 is 0 Å². The number of para-hydroxylation sites is 1. The monoisotopic (exact) mass is 284 g/mol. The van der Waals surface area contributed by atoms with Gasteiger partial charge in [0.1, 0.15) is 0 Å². The Morgan fingerprint density at radius 3 is 2.95 bits per heavy atom. The molecule has 1 aromatic carbocycles. The summed E-state index contributed by atoms with van der Waals surface area (Å²) in [6.07, 6.45) is 3.70. The van der Waals surface area contributed by atoms with Crippen molar-refractivity contribution in [3.8, 4) is 0 Å². The van der Waals surface area contributed by atoms with Crippen LogP contribution in [0.25, 0.3) is 0 Å². The van der Waals surface area contributed by atoms with E-state index in [2.05, 4.69) is 11.2 Å². The van der Waals surface area contributed by atoms with Gasteiger partial charge in [-0.2, -0.15) is 5.10 Å². The molecule has 3 rings (SSSR count). The fourth-order valence-electron chi connectivity index (χ4n) is 2.94. The van der Waals surface area contributed by atoms with Gasteiger partial charge in [-0.3, -0.25) is 9.48 Å². The molecule has 0 fully saturated rings. The summed E-state index contributed by atoms with van der Waals surface area (Å²) in [7, 11) is 0. The summed E-state index contributed by atoms with van der Waals surface area (Å²) < 4.78 is 1.70. The molecule has 2 aromatic rings. The molecular weight excluding hydrogens is 264 g/mol. The highest BCUT2D eigenvalue weighted by atomic mass is 16.2. The molecular formula is C16H20N4O. The lowest BCUT2D eigenvalue weighted by molar-refractivity contribution is 0.0980. The number of amides is 1. The Labute approximate surface area is 124 Å². The molecule has 2 N–H and O–H groups in total. The van der Waals surface area contributed by atoms with Crippen LogP contribution in [0.2, 0.25) is 0 Å². The molecule has 0 saturated carbocycles. The number of hydrogen-bond acceptors (Lipinski definition) is 3. The Bertz CT molecular complexity index is 690. The first-order valence-electron chi connectivity index (χ1n) is 7.35. The van der Waals surface area contributed by atoms with Crippen molar-refractivity contribution in [1.82, 2.24) is 9.78 Å². The van der Waals surface area contributed by atoms with Crippen molar-refractivity contribution in [2.75, 3.05) is 17.2 Å². The maximum absolute atomic E-state index is 12.8. The molecule has 1 aliphatic heterocycles. The average molecular weight is 284 g/mol. The third-order valence-corrected chi connectivity index (χ3v) is 3.98. The zero-order valence-corrected chi connectivity index (χ0v) is 12.5. The number of hydrogen-bond donors (Lipinski definition) is 1. The Balaban J connectivity index is 2.02. The first-order chi connectivity index (χ1) is 10.1. The normalized spacial score (nSPS) is 14.1. The van der Waals surface area contributed by atoms with Crippen LogP contribution >= 0.6 is 0 Å². The van der Waals surface area contributed by atoms with Crippen LogP contribution in [-0.4, -0.2) is 22.2 Å². The molecule has 21 heavy (non-hydrogen) atoms. The smallest absolute Gasteiger partial charge is 0.280 e. The molecule has 0 saturated heterocycles. The summed E-state index contributed by atoms with van der Waals surface area (Å²) in [4.78, 5) is 14.7. The van der Waals surface area contributed by atoms with Gasteiger partial charge in [0.05, 0.1) is 11.4 Å². The van der Waals surface area contributed by atoms with Crippen LogP contribution in [0.5, 0.6) is 0 Å². The molecule has 0 bridgehead atoms. The maximum Gasteiger partial charge on any atom is 0.280 e. The van der Waals surface area contributed by atoms with Crippen LogP contribution in [0.1, 0.15) is 35.0 Å². The van der Waals surface area contributed by atoms with Crippen molar-refractivity contribution in [3.63, 3.8) is 0 Å². The van der Waals surface area contributed by atoms with Crippen LogP contribution in [0.4, 0.5) is 11.4 Å². The number of nitrogens with zero attached hydrogens (tertiary/aromatic N) is 3. The summed E-state index contributed by atoms with van der Waals surface area (Å²) in [5.74, 6) is -0.102. The molecule has 0 spiro atoms. The van der Waals surface area contributed by atoms with E-state index in [-0.39, 0.29) is 5.91 Å². The second kappa shape index (κ2) is 5.24. The largest absolute Gasteiger partial charge is 0.396 e. The van der Waals surface area contributed by atoms with E-state index in [0.29, 0.717) is 17.9 Å². The molecule has 0 atom stereocenters. The van der Waals surface area contributed by atoms with Crippen molar-refractivity contribution in [2.45, 2.75) is 33.2 Å². The highest BCUT2D eigenvalue weighted by molar-refractivity contribution is 6.08. The van der Waals surface area contributed by atoms with Gasteiger partial charge in [-0.1, -0.05) is 18.2 Å². The van der Waals surface area contributed by atoms with E-state index in [4.69, 9.17) is 5.73 Å². The van der Waals surface area contributed by atoms with Crippen LogP contribution in [0, 0.1) is 6.92 Å². The van der Waals surface area contributed by atoms with Gasteiger partial charge in [0.25, 0.3) is 5.91 Å². The number of benzene rings is 1. The zero-order chi connectivity index (χ0) is 15.0. The van der Waals surface area contributed by atoms with Crippen molar-refractivity contribution in [1.29, 1.82) is 0 Å². The summed E-state index contributed by atoms with van der Waals surface area (Å²) in [6.45, 7) is 5.43. The number of aryl methyl sites for hydroxylation is 3. The van der Waals surface area contributed by atoms with Crippen molar-refractivity contribution < 1.29 is 4.79 Å². The number of fused-ring (bicyclic) bond motifs is 1. The molecule has 0 unspecified atom stereocenters. The fraction of sp³-hybridized carbons (Fsp3) is 0.375. The first kappa shape index (κ1) is 13.7. The average Bonchev–Trinajstić information content (AvgIpc) is 2.87. The minimum absolute atomic E-state index is 0.102. The number of nitrogen functional groups attached to an aromatic ring is 1. The Morgan fingerprint density at radius 2 is 2.24 bits per heavy atom. The van der Waals surface area contributed by atoms with Gasteiger partial charge in [-0.15, -0.1) is 0 Å². The highest BCUT2D eigenvalue weighted by Gasteiger charge is 2.27. The van der Waals surface area contributed by atoms with Crippen LogP contribution in [0.3, 0.4) is 0 Å². The van der Waals surface area contributed by atoms with E-state index >= 15 is 0 Å². The highest BCUT2D eigenvalue weighted by Crippen LogP contribution is 2.32. The Kier molecular flexibility index (Phi) is 3.41. The SMILES string of the molecule is CCn1cc(N)c(C(=O)N2CCCc3cccc(C)c32)n1. The van der Waals surface area contributed by atoms with E-state index < -0.39 is 0 Å². The fourth-order valence-corrected chi connectivity index (χ4v) is 2.94. The number of carbonyl (C=O) groups excluding carboxylic acids is 1. The Hall–Kier alpha value is -2.30. The second-order valence-electron chi connectivity index (χ2n) is 5.43. The third kappa shape index (κ3) is 2.28. The number of aromatic nitrogens is 2. The zero-order valence-electron chi connectivity index (χ0n) is 12.5. The summed E-state index contributed by atoms with van der Waals surface area (Å²) in [5, 5.41) is 4.31. The van der Waals surface area contributed by atoms with Crippen LogP contribution in [0.15, 0.2) is 24.4 Å². The van der Waals surface area contributed by atoms with E-state index in [1.54, 1.807) is 10.9 Å². The molecule has 1 aromatic heterocycles. The van der Waals surface area contributed by atoms with E-state index in [1.165, 1.54) is 5.56 Å². The Morgan fingerprint density at radius 1 is 1.43 bits per heavy atom.